The van der Waals surface area contributed by atoms with E-state index in [0.717, 1.165) is 17.0 Å². The lowest BCUT2D eigenvalue weighted by Gasteiger charge is -2.19. The summed E-state index contributed by atoms with van der Waals surface area (Å²) in [5.74, 6) is 0.553. The molecule has 1 fully saturated rings. The zero-order valence-electron chi connectivity index (χ0n) is 12.3. The molecule has 0 bridgehead atoms. The monoisotopic (exact) mass is 278 g/mol. The summed E-state index contributed by atoms with van der Waals surface area (Å²) in [5, 5.41) is 12.0. The quantitative estimate of drug-likeness (QED) is 0.887. The van der Waals surface area contributed by atoms with E-state index in [1.807, 2.05) is 32.9 Å². The largest absolute Gasteiger partial charge is 0.444 e. The van der Waals surface area contributed by atoms with Crippen LogP contribution in [0.15, 0.2) is 12.1 Å². The Morgan fingerprint density at radius 1 is 1.45 bits per heavy atom. The fraction of sp³-hybridized carbons (Fsp3) is 0.600. The predicted octanol–water partition coefficient (Wildman–Crippen LogP) is 2.48. The van der Waals surface area contributed by atoms with E-state index in [9.17, 15) is 9.90 Å². The third-order valence-electron chi connectivity index (χ3n) is 3.05. The molecule has 1 saturated carbocycles. The number of aliphatic hydroxyl groups is 1. The van der Waals surface area contributed by atoms with E-state index in [1.165, 1.54) is 12.8 Å². The smallest absolute Gasteiger partial charge is 0.407 e. The first kappa shape index (κ1) is 14.8. The Balaban J connectivity index is 1.94. The number of hydrogen-bond donors (Lipinski definition) is 2. The Bertz CT molecular complexity index is 490. The predicted molar refractivity (Wildman–Crippen MR) is 75.2 cm³/mol. The maximum absolute atomic E-state index is 11.6. The number of alkyl carbamates (subject to hydrolysis) is 1. The number of ether oxygens (including phenoxy) is 1. The van der Waals surface area contributed by atoms with Crippen molar-refractivity contribution in [2.75, 3.05) is 0 Å². The lowest BCUT2D eigenvalue weighted by Crippen LogP contribution is -2.32. The van der Waals surface area contributed by atoms with Crippen molar-refractivity contribution < 1.29 is 14.6 Å². The first-order chi connectivity index (χ1) is 9.39. The maximum Gasteiger partial charge on any atom is 0.407 e. The van der Waals surface area contributed by atoms with Crippen molar-refractivity contribution in [3.05, 3.63) is 29.1 Å². The standard InChI is InChI=1S/C15H22N2O3/c1-15(2,3)20-14(19)16-8-11-6-7-12(10-4-5-10)13(9-18)17-11/h6-7,10,18H,4-5,8-9H2,1-3H3,(H,16,19). The number of amides is 1. The second kappa shape index (κ2) is 5.79. The summed E-state index contributed by atoms with van der Waals surface area (Å²) in [5.41, 5.74) is 2.07. The van der Waals surface area contributed by atoms with E-state index >= 15 is 0 Å². The van der Waals surface area contributed by atoms with Gasteiger partial charge >= 0.3 is 6.09 Å². The molecule has 110 valence electrons. The molecule has 1 aliphatic rings. The molecule has 0 aliphatic heterocycles. The number of nitrogens with zero attached hydrogens (tertiary/aromatic N) is 1. The van der Waals surface area contributed by atoms with Gasteiger partial charge in [-0.25, -0.2) is 4.79 Å². The lowest BCUT2D eigenvalue weighted by molar-refractivity contribution is 0.0523. The van der Waals surface area contributed by atoms with Gasteiger partial charge in [0, 0.05) is 0 Å². The van der Waals surface area contributed by atoms with E-state index in [4.69, 9.17) is 4.74 Å². The van der Waals surface area contributed by atoms with E-state index in [1.54, 1.807) is 0 Å². The van der Waals surface area contributed by atoms with Gasteiger partial charge in [-0.15, -0.1) is 0 Å². The molecule has 0 unspecified atom stereocenters. The Kier molecular flexibility index (Phi) is 4.28. The summed E-state index contributed by atoms with van der Waals surface area (Å²) in [6, 6.07) is 3.90. The van der Waals surface area contributed by atoms with E-state index in [-0.39, 0.29) is 6.61 Å². The molecular weight excluding hydrogens is 256 g/mol. The highest BCUT2D eigenvalue weighted by atomic mass is 16.6. The molecule has 0 aromatic carbocycles. The van der Waals surface area contributed by atoms with Crippen molar-refractivity contribution in [1.82, 2.24) is 10.3 Å². The highest BCUT2D eigenvalue weighted by Crippen LogP contribution is 2.41. The summed E-state index contributed by atoms with van der Waals surface area (Å²) < 4.78 is 5.16. The summed E-state index contributed by atoms with van der Waals surface area (Å²) in [6.45, 7) is 5.69. The summed E-state index contributed by atoms with van der Waals surface area (Å²) in [7, 11) is 0. The van der Waals surface area contributed by atoms with Gasteiger partial charge in [0.1, 0.15) is 5.60 Å². The van der Waals surface area contributed by atoms with Gasteiger partial charge in [-0.3, -0.25) is 4.98 Å². The van der Waals surface area contributed by atoms with Crippen LogP contribution in [0, 0.1) is 0 Å². The number of pyridine rings is 1. The number of rotatable bonds is 4. The molecule has 1 amide bonds. The molecule has 0 atom stereocenters. The Labute approximate surface area is 119 Å². The van der Waals surface area contributed by atoms with Crippen LogP contribution >= 0.6 is 0 Å². The lowest BCUT2D eigenvalue weighted by atomic mass is 10.1. The third kappa shape index (κ3) is 4.20. The minimum atomic E-state index is -0.510. The SMILES string of the molecule is CC(C)(C)OC(=O)NCc1ccc(C2CC2)c(CO)n1. The number of hydrogen-bond acceptors (Lipinski definition) is 4. The topological polar surface area (TPSA) is 71.5 Å². The second-order valence-electron chi connectivity index (χ2n) is 6.13. The molecule has 1 aromatic rings. The van der Waals surface area contributed by atoms with Crippen molar-refractivity contribution in [2.24, 2.45) is 0 Å². The van der Waals surface area contributed by atoms with E-state index in [0.29, 0.717) is 12.5 Å². The maximum atomic E-state index is 11.6. The molecule has 0 radical (unpaired) electrons. The van der Waals surface area contributed by atoms with Gasteiger partial charge in [-0.1, -0.05) is 6.07 Å². The summed E-state index contributed by atoms with van der Waals surface area (Å²) in [6.07, 6.45) is 1.88. The molecule has 2 rings (SSSR count). The first-order valence-electron chi connectivity index (χ1n) is 6.95. The highest BCUT2D eigenvalue weighted by Gasteiger charge is 2.26. The van der Waals surface area contributed by atoms with Gasteiger partial charge in [-0.2, -0.15) is 0 Å². The van der Waals surface area contributed by atoms with Crippen LogP contribution in [0.5, 0.6) is 0 Å². The highest BCUT2D eigenvalue weighted by molar-refractivity contribution is 5.67. The van der Waals surface area contributed by atoms with Crippen LogP contribution in [0.25, 0.3) is 0 Å². The molecular formula is C15H22N2O3. The minimum Gasteiger partial charge on any atom is -0.444 e. The van der Waals surface area contributed by atoms with Crippen LogP contribution in [-0.4, -0.2) is 21.8 Å². The number of carbonyl (C=O) groups excluding carboxylic acids is 1. The van der Waals surface area contributed by atoms with Crippen molar-refractivity contribution in [3.63, 3.8) is 0 Å². The third-order valence-corrected chi connectivity index (χ3v) is 3.05. The molecule has 1 heterocycles. The van der Waals surface area contributed by atoms with Crippen molar-refractivity contribution >= 4 is 6.09 Å². The van der Waals surface area contributed by atoms with Crippen molar-refractivity contribution in [2.45, 2.75) is 58.3 Å². The van der Waals surface area contributed by atoms with Gasteiger partial charge in [0.25, 0.3) is 0 Å². The van der Waals surface area contributed by atoms with E-state index < -0.39 is 11.7 Å². The molecule has 1 aliphatic carbocycles. The van der Waals surface area contributed by atoms with E-state index in [2.05, 4.69) is 10.3 Å². The number of nitrogens with one attached hydrogen (secondary N) is 1. The van der Waals surface area contributed by atoms with Crippen molar-refractivity contribution in [1.29, 1.82) is 0 Å². The molecule has 2 N–H and O–H groups in total. The van der Waals surface area contributed by atoms with Crippen LogP contribution in [0.4, 0.5) is 4.79 Å². The first-order valence-corrected chi connectivity index (χ1v) is 6.95. The molecule has 0 spiro atoms. The Hall–Kier alpha value is -1.62. The average Bonchev–Trinajstić information content (AvgIpc) is 3.18. The average molecular weight is 278 g/mol. The number of aromatic nitrogens is 1. The normalized spacial score (nSPS) is 15.0. The van der Waals surface area contributed by atoms with Crippen LogP contribution in [0.3, 0.4) is 0 Å². The summed E-state index contributed by atoms with van der Waals surface area (Å²) in [4.78, 5) is 16.0. The van der Waals surface area contributed by atoms with Gasteiger partial charge in [0.15, 0.2) is 0 Å². The minimum absolute atomic E-state index is 0.0634. The van der Waals surface area contributed by atoms with Crippen LogP contribution in [0.2, 0.25) is 0 Å². The van der Waals surface area contributed by atoms with Crippen LogP contribution in [0.1, 0.15) is 56.5 Å². The number of aliphatic hydroxyl groups excluding tert-OH is 1. The molecule has 5 nitrogen and oxygen atoms in total. The fourth-order valence-electron chi connectivity index (χ4n) is 2.03. The molecule has 20 heavy (non-hydrogen) atoms. The zero-order valence-corrected chi connectivity index (χ0v) is 12.3. The second-order valence-corrected chi connectivity index (χ2v) is 6.13. The van der Waals surface area contributed by atoms with Crippen LogP contribution < -0.4 is 5.32 Å². The molecule has 0 saturated heterocycles. The summed E-state index contributed by atoms with van der Waals surface area (Å²) >= 11 is 0. The van der Waals surface area contributed by atoms with Crippen LogP contribution in [-0.2, 0) is 17.9 Å². The van der Waals surface area contributed by atoms with Gasteiger partial charge in [0.2, 0.25) is 0 Å². The number of carbonyl (C=O) groups is 1. The zero-order chi connectivity index (χ0) is 14.8. The van der Waals surface area contributed by atoms with Gasteiger partial charge in [-0.05, 0) is 51.2 Å². The van der Waals surface area contributed by atoms with Gasteiger partial charge in [0.05, 0.1) is 24.5 Å². The van der Waals surface area contributed by atoms with Crippen molar-refractivity contribution in [3.8, 4) is 0 Å². The van der Waals surface area contributed by atoms with Gasteiger partial charge < -0.3 is 15.2 Å². The fourth-order valence-corrected chi connectivity index (χ4v) is 2.03. The molecule has 5 heteroatoms. The molecule has 1 aromatic heterocycles. The Morgan fingerprint density at radius 3 is 2.70 bits per heavy atom. The Morgan fingerprint density at radius 2 is 2.15 bits per heavy atom.